The molecule has 0 saturated carbocycles. The Kier molecular flexibility index (Phi) is 7.19. The summed E-state index contributed by atoms with van der Waals surface area (Å²) in [5.41, 5.74) is 1.36. The first-order chi connectivity index (χ1) is 16.0. The number of hydrogen-bond donors (Lipinski definition) is 1. The van der Waals surface area contributed by atoms with Gasteiger partial charge in [0, 0.05) is 24.9 Å². The predicted molar refractivity (Wildman–Crippen MR) is 127 cm³/mol. The van der Waals surface area contributed by atoms with E-state index < -0.39 is 10.0 Å². The summed E-state index contributed by atoms with van der Waals surface area (Å²) in [6.45, 7) is 1.50. The van der Waals surface area contributed by atoms with Gasteiger partial charge in [0.05, 0.1) is 18.1 Å². The number of nitrogens with zero attached hydrogens (tertiary/aromatic N) is 1. The number of amides is 1. The Labute approximate surface area is 193 Å². The number of carbonyl (C=O) groups is 1. The number of carbonyl (C=O) groups excluding carboxylic acids is 1. The summed E-state index contributed by atoms with van der Waals surface area (Å²) >= 11 is 0. The summed E-state index contributed by atoms with van der Waals surface area (Å²) in [6, 6.07) is 23.0. The van der Waals surface area contributed by atoms with E-state index in [2.05, 4.69) is 5.32 Å². The number of anilines is 1. The zero-order chi connectivity index (χ0) is 23.1. The lowest BCUT2D eigenvalue weighted by Crippen LogP contribution is -2.40. The lowest BCUT2D eigenvalue weighted by molar-refractivity contribution is -0.111. The Bertz CT molecular complexity index is 1200. The van der Waals surface area contributed by atoms with Crippen LogP contribution in [0.15, 0.2) is 89.8 Å². The monoisotopic (exact) mass is 464 g/mol. The molecule has 1 aliphatic heterocycles. The Balaban J connectivity index is 1.33. The van der Waals surface area contributed by atoms with Crippen LogP contribution in [-0.2, 0) is 19.6 Å². The average Bonchev–Trinajstić information content (AvgIpc) is 2.85. The van der Waals surface area contributed by atoms with Crippen molar-refractivity contribution in [1.29, 1.82) is 0 Å². The SMILES string of the molecule is O=C(/C=C/c1ccc(S(=O)(=O)N2CCOCC2)cc1)Nc1ccc(Oc2ccccc2)cc1. The fraction of sp³-hybridized carbons (Fsp3) is 0.160. The van der Waals surface area contributed by atoms with E-state index in [4.69, 9.17) is 9.47 Å². The number of benzene rings is 3. The molecule has 8 heteroatoms. The van der Waals surface area contributed by atoms with Crippen molar-refractivity contribution < 1.29 is 22.7 Å². The molecule has 1 aliphatic rings. The molecule has 3 aromatic carbocycles. The molecule has 3 aromatic rings. The normalized spacial score (nSPS) is 14.8. The number of rotatable bonds is 7. The van der Waals surface area contributed by atoms with Crippen molar-refractivity contribution in [3.8, 4) is 11.5 Å². The van der Waals surface area contributed by atoms with E-state index in [1.165, 1.54) is 10.4 Å². The molecule has 1 fully saturated rings. The van der Waals surface area contributed by atoms with Crippen LogP contribution in [0.25, 0.3) is 6.08 Å². The van der Waals surface area contributed by atoms with Gasteiger partial charge in [0.15, 0.2) is 0 Å². The zero-order valence-electron chi connectivity index (χ0n) is 17.9. The van der Waals surface area contributed by atoms with E-state index >= 15 is 0 Å². The summed E-state index contributed by atoms with van der Waals surface area (Å²) in [4.78, 5) is 12.5. The summed E-state index contributed by atoms with van der Waals surface area (Å²) in [5.74, 6) is 1.11. The van der Waals surface area contributed by atoms with E-state index in [-0.39, 0.29) is 10.8 Å². The number of hydrogen-bond acceptors (Lipinski definition) is 5. The topological polar surface area (TPSA) is 84.9 Å². The van der Waals surface area contributed by atoms with Crippen molar-refractivity contribution in [1.82, 2.24) is 4.31 Å². The first kappa shape index (κ1) is 22.7. The summed E-state index contributed by atoms with van der Waals surface area (Å²) in [5, 5.41) is 2.79. The molecule has 0 bridgehead atoms. The standard InChI is InChI=1S/C25H24N2O5S/c28-25(26-21-9-11-23(12-10-21)32-22-4-2-1-3-5-22)15-8-20-6-13-24(14-7-20)33(29,30)27-16-18-31-19-17-27/h1-15H,16-19H2,(H,26,28)/b15-8+. The Morgan fingerprint density at radius 2 is 1.52 bits per heavy atom. The first-order valence-electron chi connectivity index (χ1n) is 10.5. The minimum atomic E-state index is -3.53. The minimum Gasteiger partial charge on any atom is -0.457 e. The van der Waals surface area contributed by atoms with Crippen LogP contribution in [0.1, 0.15) is 5.56 Å². The summed E-state index contributed by atoms with van der Waals surface area (Å²) < 4.78 is 37.7. The van der Waals surface area contributed by atoms with Crippen molar-refractivity contribution in [2.24, 2.45) is 0 Å². The van der Waals surface area contributed by atoms with Crippen LogP contribution in [-0.4, -0.2) is 44.9 Å². The molecule has 1 N–H and O–H groups in total. The molecular weight excluding hydrogens is 440 g/mol. The summed E-state index contributed by atoms with van der Waals surface area (Å²) in [7, 11) is -3.53. The van der Waals surface area contributed by atoms with Gasteiger partial charge in [-0.2, -0.15) is 4.31 Å². The van der Waals surface area contributed by atoms with Gasteiger partial charge in [0.1, 0.15) is 11.5 Å². The van der Waals surface area contributed by atoms with Crippen molar-refractivity contribution in [3.63, 3.8) is 0 Å². The molecular formula is C25H24N2O5S. The van der Waals surface area contributed by atoms with E-state index in [9.17, 15) is 13.2 Å². The van der Waals surface area contributed by atoms with Gasteiger partial charge in [-0.15, -0.1) is 0 Å². The first-order valence-corrected chi connectivity index (χ1v) is 11.9. The molecule has 0 aliphatic carbocycles. The van der Waals surface area contributed by atoms with Gasteiger partial charge in [-0.3, -0.25) is 4.79 Å². The van der Waals surface area contributed by atoms with E-state index in [0.29, 0.717) is 37.7 Å². The maximum absolute atomic E-state index is 12.7. The van der Waals surface area contributed by atoms with Gasteiger partial charge >= 0.3 is 0 Å². The van der Waals surface area contributed by atoms with Crippen LogP contribution in [0.2, 0.25) is 0 Å². The lowest BCUT2D eigenvalue weighted by Gasteiger charge is -2.26. The zero-order valence-corrected chi connectivity index (χ0v) is 18.7. The number of morpholine rings is 1. The lowest BCUT2D eigenvalue weighted by atomic mass is 10.2. The predicted octanol–water partition coefficient (Wildman–Crippen LogP) is 4.15. The Hall–Kier alpha value is -3.46. The van der Waals surface area contributed by atoms with Crippen molar-refractivity contribution in [2.45, 2.75) is 4.90 Å². The van der Waals surface area contributed by atoms with Gasteiger partial charge in [0.25, 0.3) is 0 Å². The van der Waals surface area contributed by atoms with Gasteiger partial charge in [0.2, 0.25) is 15.9 Å². The third-order valence-corrected chi connectivity index (χ3v) is 6.93. The molecule has 0 radical (unpaired) electrons. The number of ether oxygens (including phenoxy) is 2. The van der Waals surface area contributed by atoms with Crippen LogP contribution in [0.4, 0.5) is 5.69 Å². The molecule has 0 spiro atoms. The highest BCUT2D eigenvalue weighted by atomic mass is 32.2. The van der Waals surface area contributed by atoms with Crippen molar-refractivity contribution in [3.05, 3.63) is 90.5 Å². The Morgan fingerprint density at radius 3 is 2.18 bits per heavy atom. The molecule has 0 atom stereocenters. The minimum absolute atomic E-state index is 0.226. The van der Waals surface area contributed by atoms with E-state index in [0.717, 1.165) is 11.3 Å². The molecule has 170 valence electrons. The van der Waals surface area contributed by atoms with Gasteiger partial charge < -0.3 is 14.8 Å². The molecule has 1 saturated heterocycles. The van der Waals surface area contributed by atoms with E-state index in [1.54, 1.807) is 54.6 Å². The second kappa shape index (κ2) is 10.4. The van der Waals surface area contributed by atoms with Gasteiger partial charge in [-0.25, -0.2) is 8.42 Å². The molecule has 1 heterocycles. The second-order valence-electron chi connectivity index (χ2n) is 7.35. The summed E-state index contributed by atoms with van der Waals surface area (Å²) in [6.07, 6.45) is 3.03. The van der Waals surface area contributed by atoms with Crippen molar-refractivity contribution in [2.75, 3.05) is 31.6 Å². The van der Waals surface area contributed by atoms with E-state index in [1.807, 2.05) is 30.3 Å². The number of para-hydroxylation sites is 1. The van der Waals surface area contributed by atoms with Gasteiger partial charge in [-0.1, -0.05) is 30.3 Å². The second-order valence-corrected chi connectivity index (χ2v) is 9.29. The maximum Gasteiger partial charge on any atom is 0.248 e. The molecule has 0 unspecified atom stereocenters. The number of sulfonamides is 1. The quantitative estimate of drug-likeness (QED) is 0.531. The third kappa shape index (κ3) is 6.07. The van der Waals surface area contributed by atoms with Crippen LogP contribution < -0.4 is 10.1 Å². The van der Waals surface area contributed by atoms with Gasteiger partial charge in [-0.05, 0) is 60.2 Å². The molecule has 1 amide bonds. The van der Waals surface area contributed by atoms with Crippen LogP contribution in [0, 0.1) is 0 Å². The third-order valence-electron chi connectivity index (χ3n) is 5.02. The Morgan fingerprint density at radius 1 is 0.879 bits per heavy atom. The molecule has 0 aromatic heterocycles. The highest BCUT2D eigenvalue weighted by Gasteiger charge is 2.25. The largest absolute Gasteiger partial charge is 0.457 e. The number of nitrogens with one attached hydrogen (secondary N) is 1. The molecule has 33 heavy (non-hydrogen) atoms. The maximum atomic E-state index is 12.7. The fourth-order valence-corrected chi connectivity index (χ4v) is 4.68. The molecule has 7 nitrogen and oxygen atoms in total. The average molecular weight is 465 g/mol. The fourth-order valence-electron chi connectivity index (χ4n) is 3.27. The highest BCUT2D eigenvalue weighted by molar-refractivity contribution is 7.89. The van der Waals surface area contributed by atoms with Crippen molar-refractivity contribution >= 4 is 27.7 Å². The highest BCUT2D eigenvalue weighted by Crippen LogP contribution is 2.23. The van der Waals surface area contributed by atoms with Crippen LogP contribution in [0.5, 0.6) is 11.5 Å². The van der Waals surface area contributed by atoms with Crippen LogP contribution in [0.3, 0.4) is 0 Å². The molecule has 4 rings (SSSR count). The van der Waals surface area contributed by atoms with Crippen LogP contribution >= 0.6 is 0 Å². The smallest absolute Gasteiger partial charge is 0.248 e.